The molecule has 0 aliphatic rings. The Kier molecular flexibility index (Phi) is 4.33. The third-order valence-corrected chi connectivity index (χ3v) is 3.35. The number of nitrogens with one attached hydrogen (secondary N) is 1. The van der Waals surface area contributed by atoms with Gasteiger partial charge in [-0.3, -0.25) is 4.79 Å². The first kappa shape index (κ1) is 14.8. The average Bonchev–Trinajstić information content (AvgIpc) is 3.15. The Morgan fingerprint density at radius 3 is 2.65 bits per heavy atom. The van der Waals surface area contributed by atoms with Gasteiger partial charge in [0.25, 0.3) is 5.91 Å². The van der Waals surface area contributed by atoms with Crippen LogP contribution in [0.3, 0.4) is 0 Å². The fraction of sp³-hybridized carbons (Fsp3) is 0.118. The standard InChI is InChI=1S/C17H16N4O2/c1-23-15-6-4-14(5-7-15)17(22)19-12-13-3-8-16(18-11-13)21-10-2-9-20-21/h2-11H,12H2,1H3,(H,19,22). The van der Waals surface area contributed by atoms with Crippen molar-refractivity contribution in [2.45, 2.75) is 6.54 Å². The van der Waals surface area contributed by atoms with Crippen molar-refractivity contribution in [1.82, 2.24) is 20.1 Å². The van der Waals surface area contributed by atoms with Crippen molar-refractivity contribution >= 4 is 5.91 Å². The lowest BCUT2D eigenvalue weighted by molar-refractivity contribution is 0.0951. The van der Waals surface area contributed by atoms with E-state index < -0.39 is 0 Å². The first-order valence-corrected chi connectivity index (χ1v) is 7.13. The molecule has 116 valence electrons. The molecule has 0 aliphatic carbocycles. The minimum Gasteiger partial charge on any atom is -0.497 e. The maximum Gasteiger partial charge on any atom is 0.251 e. The van der Waals surface area contributed by atoms with Crippen LogP contribution in [0.4, 0.5) is 0 Å². The van der Waals surface area contributed by atoms with Crippen LogP contribution < -0.4 is 10.1 Å². The van der Waals surface area contributed by atoms with Crippen LogP contribution in [-0.4, -0.2) is 27.8 Å². The van der Waals surface area contributed by atoms with Crippen LogP contribution in [0.5, 0.6) is 5.75 Å². The summed E-state index contributed by atoms with van der Waals surface area (Å²) >= 11 is 0. The van der Waals surface area contributed by atoms with E-state index in [1.54, 1.807) is 48.5 Å². The number of ether oxygens (including phenoxy) is 1. The van der Waals surface area contributed by atoms with E-state index in [4.69, 9.17) is 4.74 Å². The highest BCUT2D eigenvalue weighted by molar-refractivity contribution is 5.94. The minimum absolute atomic E-state index is 0.135. The molecule has 0 bridgehead atoms. The smallest absolute Gasteiger partial charge is 0.251 e. The number of aromatic nitrogens is 3. The molecule has 0 unspecified atom stereocenters. The zero-order valence-electron chi connectivity index (χ0n) is 12.6. The Labute approximate surface area is 133 Å². The van der Waals surface area contributed by atoms with Crippen molar-refractivity contribution in [2.75, 3.05) is 7.11 Å². The Bertz CT molecular complexity index is 765. The molecule has 0 fully saturated rings. The summed E-state index contributed by atoms with van der Waals surface area (Å²) in [6, 6.07) is 12.6. The number of amides is 1. The van der Waals surface area contributed by atoms with Crippen molar-refractivity contribution < 1.29 is 9.53 Å². The summed E-state index contributed by atoms with van der Waals surface area (Å²) in [6.07, 6.45) is 5.25. The molecule has 0 radical (unpaired) electrons. The molecule has 0 aliphatic heterocycles. The van der Waals surface area contributed by atoms with E-state index in [-0.39, 0.29) is 5.91 Å². The van der Waals surface area contributed by atoms with Crippen LogP contribution in [0, 0.1) is 0 Å². The SMILES string of the molecule is COc1ccc(C(=O)NCc2ccc(-n3cccn3)nc2)cc1. The van der Waals surface area contributed by atoms with Crippen LogP contribution in [0.25, 0.3) is 5.82 Å². The number of carbonyl (C=O) groups excluding carboxylic acids is 1. The Morgan fingerprint density at radius 2 is 2.04 bits per heavy atom. The van der Waals surface area contributed by atoms with Gasteiger partial charge in [0.2, 0.25) is 0 Å². The number of hydrogen-bond donors (Lipinski definition) is 1. The number of nitrogens with zero attached hydrogens (tertiary/aromatic N) is 3. The zero-order chi connectivity index (χ0) is 16.1. The van der Waals surface area contributed by atoms with E-state index in [0.717, 1.165) is 17.1 Å². The van der Waals surface area contributed by atoms with Crippen molar-refractivity contribution in [3.05, 3.63) is 72.2 Å². The molecule has 0 saturated heterocycles. The summed E-state index contributed by atoms with van der Waals surface area (Å²) in [5.74, 6) is 1.32. The third kappa shape index (κ3) is 3.55. The minimum atomic E-state index is -0.135. The molecule has 0 spiro atoms. The number of methoxy groups -OCH3 is 1. The molecule has 1 amide bonds. The van der Waals surface area contributed by atoms with Crippen LogP contribution >= 0.6 is 0 Å². The summed E-state index contributed by atoms with van der Waals surface area (Å²) < 4.78 is 6.75. The lowest BCUT2D eigenvalue weighted by atomic mass is 10.2. The van der Waals surface area contributed by atoms with Crippen molar-refractivity contribution in [3.8, 4) is 11.6 Å². The van der Waals surface area contributed by atoms with Gasteiger partial charge in [-0.05, 0) is 42.0 Å². The molecular formula is C17H16N4O2. The molecular weight excluding hydrogens is 292 g/mol. The maximum absolute atomic E-state index is 12.1. The molecule has 2 aromatic heterocycles. The number of hydrogen-bond acceptors (Lipinski definition) is 4. The second-order valence-electron chi connectivity index (χ2n) is 4.89. The van der Waals surface area contributed by atoms with Crippen molar-refractivity contribution in [2.24, 2.45) is 0 Å². The quantitative estimate of drug-likeness (QED) is 0.784. The number of carbonyl (C=O) groups is 1. The van der Waals surface area contributed by atoms with Gasteiger partial charge >= 0.3 is 0 Å². The summed E-state index contributed by atoms with van der Waals surface area (Å²) in [4.78, 5) is 16.4. The molecule has 3 aromatic rings. The van der Waals surface area contributed by atoms with Crippen LogP contribution in [0.1, 0.15) is 15.9 Å². The summed E-state index contributed by atoms with van der Waals surface area (Å²) in [5, 5.41) is 6.98. The Hall–Kier alpha value is -3.15. The first-order chi connectivity index (χ1) is 11.3. The van der Waals surface area contributed by atoms with Crippen LogP contribution in [0.15, 0.2) is 61.1 Å². The number of benzene rings is 1. The molecule has 0 saturated carbocycles. The predicted octanol–water partition coefficient (Wildman–Crippen LogP) is 2.21. The number of rotatable bonds is 5. The van der Waals surface area contributed by atoms with Crippen molar-refractivity contribution in [3.63, 3.8) is 0 Å². The van der Waals surface area contributed by atoms with Gasteiger partial charge in [0, 0.05) is 30.7 Å². The van der Waals surface area contributed by atoms with Gasteiger partial charge in [0.15, 0.2) is 5.82 Å². The van der Waals surface area contributed by atoms with E-state index in [1.807, 2.05) is 24.4 Å². The van der Waals surface area contributed by atoms with Gasteiger partial charge in [0.05, 0.1) is 7.11 Å². The van der Waals surface area contributed by atoms with E-state index in [1.165, 1.54) is 0 Å². The fourth-order valence-corrected chi connectivity index (χ4v) is 2.09. The third-order valence-electron chi connectivity index (χ3n) is 3.35. The monoisotopic (exact) mass is 308 g/mol. The summed E-state index contributed by atoms with van der Waals surface area (Å²) in [5.41, 5.74) is 1.51. The van der Waals surface area contributed by atoms with E-state index >= 15 is 0 Å². The topological polar surface area (TPSA) is 69.0 Å². The zero-order valence-corrected chi connectivity index (χ0v) is 12.6. The lowest BCUT2D eigenvalue weighted by Crippen LogP contribution is -2.22. The Morgan fingerprint density at radius 1 is 1.22 bits per heavy atom. The average molecular weight is 308 g/mol. The van der Waals surface area contributed by atoms with Crippen LogP contribution in [-0.2, 0) is 6.54 Å². The summed E-state index contributed by atoms with van der Waals surface area (Å²) in [7, 11) is 1.59. The second kappa shape index (κ2) is 6.74. The highest BCUT2D eigenvalue weighted by atomic mass is 16.5. The molecule has 6 nitrogen and oxygen atoms in total. The first-order valence-electron chi connectivity index (χ1n) is 7.13. The van der Waals surface area contributed by atoms with Gasteiger partial charge in [0.1, 0.15) is 5.75 Å². The van der Waals surface area contributed by atoms with Gasteiger partial charge in [-0.1, -0.05) is 6.07 Å². The normalized spacial score (nSPS) is 10.3. The Balaban J connectivity index is 1.60. The second-order valence-corrected chi connectivity index (χ2v) is 4.89. The van der Waals surface area contributed by atoms with Gasteiger partial charge in [-0.25, -0.2) is 9.67 Å². The fourth-order valence-electron chi connectivity index (χ4n) is 2.09. The molecule has 1 aromatic carbocycles. The molecule has 6 heteroatoms. The van der Waals surface area contributed by atoms with Crippen LogP contribution in [0.2, 0.25) is 0 Å². The van der Waals surface area contributed by atoms with Gasteiger partial charge in [-0.2, -0.15) is 5.10 Å². The molecule has 2 heterocycles. The van der Waals surface area contributed by atoms with Gasteiger partial charge < -0.3 is 10.1 Å². The molecule has 23 heavy (non-hydrogen) atoms. The molecule has 1 N–H and O–H groups in total. The highest BCUT2D eigenvalue weighted by Gasteiger charge is 2.06. The summed E-state index contributed by atoms with van der Waals surface area (Å²) in [6.45, 7) is 0.414. The van der Waals surface area contributed by atoms with Crippen molar-refractivity contribution in [1.29, 1.82) is 0 Å². The van der Waals surface area contributed by atoms with E-state index in [2.05, 4.69) is 15.4 Å². The largest absolute Gasteiger partial charge is 0.497 e. The number of pyridine rings is 1. The van der Waals surface area contributed by atoms with Gasteiger partial charge in [-0.15, -0.1) is 0 Å². The lowest BCUT2D eigenvalue weighted by Gasteiger charge is -2.07. The van der Waals surface area contributed by atoms with E-state index in [0.29, 0.717) is 12.1 Å². The van der Waals surface area contributed by atoms with E-state index in [9.17, 15) is 4.79 Å². The molecule has 3 rings (SSSR count). The highest BCUT2D eigenvalue weighted by Crippen LogP contribution is 2.11. The maximum atomic E-state index is 12.1. The molecule has 0 atom stereocenters. The predicted molar refractivity (Wildman–Crippen MR) is 85.5 cm³/mol.